The van der Waals surface area contributed by atoms with Gasteiger partial charge in [-0.1, -0.05) is 24.3 Å². The van der Waals surface area contributed by atoms with Gasteiger partial charge in [0.1, 0.15) is 11.6 Å². The van der Waals surface area contributed by atoms with E-state index in [9.17, 15) is 18.7 Å². The van der Waals surface area contributed by atoms with Gasteiger partial charge >= 0.3 is 0 Å². The summed E-state index contributed by atoms with van der Waals surface area (Å²) in [7, 11) is 0. The maximum Gasteiger partial charge on any atom is 0.224 e. The van der Waals surface area contributed by atoms with Crippen LogP contribution in [0.25, 0.3) is 0 Å². The first-order chi connectivity index (χ1) is 16.3. The summed E-state index contributed by atoms with van der Waals surface area (Å²) in [5, 5.41) is 16.9. The van der Waals surface area contributed by atoms with Gasteiger partial charge in [-0.15, -0.1) is 11.8 Å². The topological polar surface area (TPSA) is 61.4 Å². The molecule has 34 heavy (non-hydrogen) atoms. The maximum absolute atomic E-state index is 13.7. The van der Waals surface area contributed by atoms with E-state index in [1.807, 2.05) is 54.8 Å². The largest absolute Gasteiger partial charge is 0.390 e. The Balaban J connectivity index is 1.66. The smallest absolute Gasteiger partial charge is 0.224 e. The van der Waals surface area contributed by atoms with E-state index in [0.29, 0.717) is 12.1 Å². The van der Waals surface area contributed by atoms with Gasteiger partial charge in [0.15, 0.2) is 0 Å². The van der Waals surface area contributed by atoms with Crippen LogP contribution in [0.15, 0.2) is 71.6 Å². The summed E-state index contributed by atoms with van der Waals surface area (Å²) >= 11 is 3.86. The zero-order valence-electron chi connectivity index (χ0n) is 18.7. The molecule has 0 aliphatic heterocycles. The molecule has 180 valence electrons. The van der Waals surface area contributed by atoms with Gasteiger partial charge < -0.3 is 15.7 Å². The summed E-state index contributed by atoms with van der Waals surface area (Å²) < 4.78 is 28.5. The Bertz CT molecular complexity index is 1080. The highest BCUT2D eigenvalue weighted by Crippen LogP contribution is 2.16. The van der Waals surface area contributed by atoms with E-state index in [1.165, 1.54) is 12.1 Å². The van der Waals surface area contributed by atoms with Gasteiger partial charge in [-0.2, -0.15) is 0 Å². The van der Waals surface area contributed by atoms with Crippen molar-refractivity contribution in [2.75, 3.05) is 12.8 Å². The Morgan fingerprint density at radius 3 is 2.35 bits per heavy atom. The minimum Gasteiger partial charge on any atom is -0.390 e. The summed E-state index contributed by atoms with van der Waals surface area (Å²) in [6.45, 7) is 0.752. The standard InChI is InChI=1S/C26H27F2IN2O2S/c1-34-23-7-5-17(6-8-23)13-26(33)31-24(12-19-9-20(27)14-21(28)10-19)25(32)16-30-15-18-3-2-4-22(29)11-18/h2-11,14,24-25,30,32H,12-13,15-16H2,1H3,(H,31,33)/t24-,25-/m1/s1. The van der Waals surface area contributed by atoms with Crippen molar-refractivity contribution in [2.45, 2.75) is 36.4 Å². The fourth-order valence-corrected chi connectivity index (χ4v) is 4.62. The number of rotatable bonds is 11. The lowest BCUT2D eigenvalue weighted by Gasteiger charge is -2.25. The summed E-state index contributed by atoms with van der Waals surface area (Å²) in [5.74, 6) is -1.66. The van der Waals surface area contributed by atoms with E-state index in [-0.39, 0.29) is 25.3 Å². The SMILES string of the molecule is CSc1ccc(CC(=O)N[C@H](Cc2cc(F)cc(F)c2)[C@H](O)CNCc2cccc(I)c2)cc1. The molecule has 0 saturated heterocycles. The van der Waals surface area contributed by atoms with Crippen LogP contribution in [0, 0.1) is 15.2 Å². The summed E-state index contributed by atoms with van der Waals surface area (Å²) in [6.07, 6.45) is 1.26. The number of nitrogens with one attached hydrogen (secondary N) is 2. The lowest BCUT2D eigenvalue weighted by molar-refractivity contribution is -0.122. The second kappa shape index (κ2) is 13.2. The number of aliphatic hydroxyl groups is 1. The summed E-state index contributed by atoms with van der Waals surface area (Å²) in [6, 6.07) is 18.2. The Morgan fingerprint density at radius 2 is 1.71 bits per heavy atom. The van der Waals surface area contributed by atoms with Gasteiger partial charge in [-0.25, -0.2) is 8.78 Å². The molecule has 8 heteroatoms. The number of hydrogen-bond acceptors (Lipinski definition) is 4. The van der Waals surface area contributed by atoms with Gasteiger partial charge in [0.25, 0.3) is 0 Å². The molecular formula is C26H27F2IN2O2S. The first kappa shape index (κ1) is 26.6. The third-order valence-electron chi connectivity index (χ3n) is 5.28. The van der Waals surface area contributed by atoms with E-state index < -0.39 is 23.8 Å². The number of benzene rings is 3. The number of hydrogen-bond donors (Lipinski definition) is 3. The third-order valence-corrected chi connectivity index (χ3v) is 6.70. The van der Waals surface area contributed by atoms with Gasteiger partial charge in [0.2, 0.25) is 5.91 Å². The minimum absolute atomic E-state index is 0.0952. The highest BCUT2D eigenvalue weighted by Gasteiger charge is 2.22. The second-order valence-corrected chi connectivity index (χ2v) is 10.1. The molecule has 0 heterocycles. The number of amides is 1. The fraction of sp³-hybridized carbons (Fsp3) is 0.269. The van der Waals surface area contributed by atoms with E-state index in [0.717, 1.165) is 25.7 Å². The lowest BCUT2D eigenvalue weighted by Crippen LogP contribution is -2.49. The quantitative estimate of drug-likeness (QED) is 0.222. The third kappa shape index (κ3) is 8.65. The predicted octanol–water partition coefficient (Wildman–Crippen LogP) is 4.71. The number of carbonyl (C=O) groups excluding carboxylic acids is 1. The fourth-order valence-electron chi connectivity index (χ4n) is 3.61. The molecule has 3 rings (SSSR count). The molecule has 0 saturated carbocycles. The van der Waals surface area contributed by atoms with Crippen molar-refractivity contribution in [3.63, 3.8) is 0 Å². The van der Waals surface area contributed by atoms with Crippen molar-refractivity contribution >= 4 is 40.3 Å². The Hall–Kier alpha value is -2.01. The number of thioether (sulfide) groups is 1. The minimum atomic E-state index is -0.961. The van der Waals surface area contributed by atoms with Crippen LogP contribution in [-0.2, 0) is 24.2 Å². The maximum atomic E-state index is 13.7. The van der Waals surface area contributed by atoms with E-state index in [1.54, 1.807) is 11.8 Å². The van der Waals surface area contributed by atoms with Gasteiger partial charge in [-0.05, 0) is 88.4 Å². The molecule has 0 spiro atoms. The first-order valence-electron chi connectivity index (χ1n) is 10.8. The molecule has 0 aliphatic rings. The molecule has 0 aromatic heterocycles. The number of halogens is 3. The predicted molar refractivity (Wildman–Crippen MR) is 141 cm³/mol. The Kier molecular flexibility index (Phi) is 10.3. The molecule has 0 fully saturated rings. The van der Waals surface area contributed by atoms with Crippen molar-refractivity contribution in [1.82, 2.24) is 10.6 Å². The highest BCUT2D eigenvalue weighted by atomic mass is 127. The van der Waals surface area contributed by atoms with Crippen molar-refractivity contribution in [3.05, 3.63) is 98.6 Å². The van der Waals surface area contributed by atoms with Crippen LogP contribution >= 0.6 is 34.4 Å². The molecule has 3 aromatic carbocycles. The molecule has 3 aromatic rings. The summed E-state index contributed by atoms with van der Waals surface area (Å²) in [4.78, 5) is 13.8. The molecular weight excluding hydrogens is 569 g/mol. The van der Waals surface area contributed by atoms with Crippen molar-refractivity contribution in [1.29, 1.82) is 0 Å². The lowest BCUT2D eigenvalue weighted by atomic mass is 10.00. The zero-order valence-corrected chi connectivity index (χ0v) is 21.7. The molecule has 4 nitrogen and oxygen atoms in total. The van der Waals surface area contributed by atoms with Crippen LogP contribution in [0.1, 0.15) is 16.7 Å². The zero-order chi connectivity index (χ0) is 24.5. The summed E-state index contributed by atoms with van der Waals surface area (Å²) in [5.41, 5.74) is 2.28. The first-order valence-corrected chi connectivity index (χ1v) is 13.1. The molecule has 2 atom stereocenters. The molecule has 0 aliphatic carbocycles. The highest BCUT2D eigenvalue weighted by molar-refractivity contribution is 14.1. The van der Waals surface area contributed by atoms with Crippen molar-refractivity contribution < 1.29 is 18.7 Å². The number of aliphatic hydroxyl groups excluding tert-OH is 1. The number of carbonyl (C=O) groups is 1. The molecule has 1 amide bonds. The molecule has 3 N–H and O–H groups in total. The molecule has 0 radical (unpaired) electrons. The van der Waals surface area contributed by atoms with Gasteiger partial charge in [0.05, 0.1) is 18.6 Å². The van der Waals surface area contributed by atoms with Crippen LogP contribution in [0.3, 0.4) is 0 Å². The average Bonchev–Trinajstić information content (AvgIpc) is 2.78. The van der Waals surface area contributed by atoms with Crippen LogP contribution in [0.5, 0.6) is 0 Å². The van der Waals surface area contributed by atoms with Gasteiger partial charge in [-0.3, -0.25) is 4.79 Å². The van der Waals surface area contributed by atoms with E-state index >= 15 is 0 Å². The Labute approximate surface area is 216 Å². The Morgan fingerprint density at radius 1 is 1.00 bits per heavy atom. The van der Waals surface area contributed by atoms with E-state index in [4.69, 9.17) is 0 Å². The van der Waals surface area contributed by atoms with Gasteiger partial charge in [0, 0.05) is 27.6 Å². The average molecular weight is 596 g/mol. The molecule has 0 unspecified atom stereocenters. The van der Waals surface area contributed by atoms with E-state index in [2.05, 4.69) is 33.2 Å². The van der Waals surface area contributed by atoms with Crippen molar-refractivity contribution in [2.24, 2.45) is 0 Å². The normalized spacial score (nSPS) is 12.9. The van der Waals surface area contributed by atoms with Crippen LogP contribution < -0.4 is 10.6 Å². The van der Waals surface area contributed by atoms with Crippen LogP contribution in [0.2, 0.25) is 0 Å². The second-order valence-electron chi connectivity index (χ2n) is 8.01. The van der Waals surface area contributed by atoms with Crippen LogP contribution in [0.4, 0.5) is 8.78 Å². The van der Waals surface area contributed by atoms with Crippen LogP contribution in [-0.4, -0.2) is 36.0 Å². The monoisotopic (exact) mass is 596 g/mol. The molecule has 0 bridgehead atoms. The van der Waals surface area contributed by atoms with Crippen molar-refractivity contribution in [3.8, 4) is 0 Å².